The van der Waals surface area contributed by atoms with Gasteiger partial charge < -0.3 is 4.74 Å². The third kappa shape index (κ3) is 18.8. The van der Waals surface area contributed by atoms with Crippen molar-refractivity contribution in [2.75, 3.05) is 6.61 Å². The lowest BCUT2D eigenvalue weighted by Crippen LogP contribution is -2.23. The fourth-order valence-electron chi connectivity index (χ4n) is 2.11. The summed E-state index contributed by atoms with van der Waals surface area (Å²) in [4.78, 5) is 11.6. The molecule has 0 aliphatic heterocycles. The van der Waals surface area contributed by atoms with Crippen molar-refractivity contribution < 1.29 is 9.53 Å². The molecular formula is C25H40O2. The molecule has 0 aliphatic carbocycles. The summed E-state index contributed by atoms with van der Waals surface area (Å²) in [6.45, 7) is 8.33. The number of carbonyl (C=O) groups is 1. The molecule has 0 heterocycles. The fourth-order valence-corrected chi connectivity index (χ4v) is 2.11. The van der Waals surface area contributed by atoms with Crippen LogP contribution in [0.25, 0.3) is 0 Å². The normalized spacial score (nSPS) is 13.2. The Hall–Kier alpha value is -1.83. The smallest absolute Gasteiger partial charge is 0.311 e. The van der Waals surface area contributed by atoms with E-state index in [2.05, 4.69) is 67.7 Å². The molecule has 0 aromatic heterocycles. The molecule has 0 aromatic carbocycles. The van der Waals surface area contributed by atoms with Gasteiger partial charge in [0, 0.05) is 0 Å². The lowest BCUT2D eigenvalue weighted by Gasteiger charge is -2.16. The molecule has 0 radical (unpaired) electrons. The Bertz CT molecular complexity index is 499. The maximum atomic E-state index is 11.6. The quantitative estimate of drug-likeness (QED) is 0.179. The van der Waals surface area contributed by atoms with Gasteiger partial charge in [-0.2, -0.15) is 0 Å². The maximum Gasteiger partial charge on any atom is 0.311 e. The summed E-state index contributed by atoms with van der Waals surface area (Å²) in [5.41, 5.74) is -0.399. The molecule has 0 saturated heterocycles. The standard InChI is InChI=1S/C25H40O2/c1-5-6-7-8-9-10-11-12-13-14-15-16-17-18-19-20-21-22-23-27-24(26)25(2,3)4/h6-7,9-10,12-13,15-16,18-19H,5,8,11,14,17,20-23H2,1-4H3/b7-6-,10-9-,13-12-,16-15-,19-18-. The molecule has 0 saturated carbocycles. The van der Waals surface area contributed by atoms with E-state index in [1.165, 1.54) is 0 Å². The van der Waals surface area contributed by atoms with Crippen LogP contribution in [0.15, 0.2) is 60.8 Å². The number of hydrogen-bond acceptors (Lipinski definition) is 2. The summed E-state index contributed by atoms with van der Waals surface area (Å²) in [6.07, 6.45) is 30.3. The number of esters is 1. The molecule has 27 heavy (non-hydrogen) atoms. The minimum Gasteiger partial charge on any atom is -0.465 e. The Balaban J connectivity index is 3.51. The second kappa shape index (κ2) is 17.6. The monoisotopic (exact) mass is 372 g/mol. The first-order chi connectivity index (χ1) is 13.0. The number of ether oxygens (including phenoxy) is 1. The van der Waals surface area contributed by atoms with Gasteiger partial charge in [-0.1, -0.05) is 67.7 Å². The van der Waals surface area contributed by atoms with Crippen molar-refractivity contribution in [3.63, 3.8) is 0 Å². The summed E-state index contributed by atoms with van der Waals surface area (Å²) in [5, 5.41) is 0. The van der Waals surface area contributed by atoms with Crippen molar-refractivity contribution in [1.82, 2.24) is 0 Å². The second-order valence-electron chi connectivity index (χ2n) is 7.59. The van der Waals surface area contributed by atoms with E-state index in [0.717, 1.165) is 51.4 Å². The van der Waals surface area contributed by atoms with Crippen molar-refractivity contribution in [3.8, 4) is 0 Å². The Morgan fingerprint density at radius 3 is 1.59 bits per heavy atom. The second-order valence-corrected chi connectivity index (χ2v) is 7.59. The minimum absolute atomic E-state index is 0.114. The Morgan fingerprint density at radius 1 is 0.704 bits per heavy atom. The summed E-state index contributed by atoms with van der Waals surface area (Å²) in [6, 6.07) is 0. The lowest BCUT2D eigenvalue weighted by molar-refractivity contribution is -0.153. The molecule has 0 spiro atoms. The Morgan fingerprint density at radius 2 is 1.15 bits per heavy atom. The van der Waals surface area contributed by atoms with Crippen molar-refractivity contribution >= 4 is 5.97 Å². The van der Waals surface area contributed by atoms with Gasteiger partial charge >= 0.3 is 5.97 Å². The summed E-state index contributed by atoms with van der Waals surface area (Å²) >= 11 is 0. The van der Waals surface area contributed by atoms with E-state index in [1.807, 2.05) is 20.8 Å². The molecule has 0 atom stereocenters. The average Bonchev–Trinajstić information content (AvgIpc) is 2.62. The predicted molar refractivity (Wildman–Crippen MR) is 119 cm³/mol. The highest BCUT2D eigenvalue weighted by Crippen LogP contribution is 2.15. The summed E-state index contributed by atoms with van der Waals surface area (Å²) in [7, 11) is 0. The highest BCUT2D eigenvalue weighted by molar-refractivity contribution is 5.75. The first-order valence-corrected chi connectivity index (χ1v) is 10.4. The van der Waals surface area contributed by atoms with Crippen LogP contribution in [-0.2, 0) is 9.53 Å². The van der Waals surface area contributed by atoms with Gasteiger partial charge in [0.2, 0.25) is 0 Å². The molecule has 2 heteroatoms. The number of allylic oxidation sites excluding steroid dienone is 10. The highest BCUT2D eigenvalue weighted by Gasteiger charge is 2.22. The number of rotatable bonds is 14. The van der Waals surface area contributed by atoms with Crippen molar-refractivity contribution in [2.24, 2.45) is 5.41 Å². The van der Waals surface area contributed by atoms with Crippen LogP contribution >= 0.6 is 0 Å². The summed E-state index contributed by atoms with van der Waals surface area (Å²) in [5.74, 6) is -0.114. The topological polar surface area (TPSA) is 26.3 Å². The van der Waals surface area contributed by atoms with Crippen LogP contribution in [0.3, 0.4) is 0 Å². The first-order valence-electron chi connectivity index (χ1n) is 10.4. The molecule has 0 rings (SSSR count). The predicted octanol–water partition coefficient (Wildman–Crippen LogP) is 7.50. The van der Waals surface area contributed by atoms with Crippen LogP contribution in [-0.4, -0.2) is 12.6 Å². The zero-order valence-corrected chi connectivity index (χ0v) is 18.0. The third-order valence-corrected chi connectivity index (χ3v) is 3.77. The van der Waals surface area contributed by atoms with Crippen LogP contribution in [0.1, 0.15) is 79.1 Å². The van der Waals surface area contributed by atoms with Gasteiger partial charge in [0.05, 0.1) is 12.0 Å². The largest absolute Gasteiger partial charge is 0.465 e. The maximum absolute atomic E-state index is 11.6. The van der Waals surface area contributed by atoms with Crippen molar-refractivity contribution in [2.45, 2.75) is 79.1 Å². The van der Waals surface area contributed by atoms with E-state index in [-0.39, 0.29) is 5.97 Å². The third-order valence-electron chi connectivity index (χ3n) is 3.77. The first kappa shape index (κ1) is 25.2. The zero-order valence-electron chi connectivity index (χ0n) is 18.0. The highest BCUT2D eigenvalue weighted by atomic mass is 16.5. The molecule has 0 N–H and O–H groups in total. The van der Waals surface area contributed by atoms with E-state index < -0.39 is 5.41 Å². The van der Waals surface area contributed by atoms with Crippen LogP contribution in [0.4, 0.5) is 0 Å². The summed E-state index contributed by atoms with van der Waals surface area (Å²) < 4.78 is 5.25. The van der Waals surface area contributed by atoms with E-state index in [4.69, 9.17) is 4.74 Å². The van der Waals surface area contributed by atoms with Gasteiger partial charge in [0.1, 0.15) is 0 Å². The minimum atomic E-state index is -0.399. The van der Waals surface area contributed by atoms with Crippen LogP contribution in [0, 0.1) is 5.41 Å². The van der Waals surface area contributed by atoms with Crippen molar-refractivity contribution in [1.29, 1.82) is 0 Å². The van der Waals surface area contributed by atoms with E-state index in [1.54, 1.807) is 0 Å². The molecule has 0 bridgehead atoms. The number of unbranched alkanes of at least 4 members (excludes halogenated alkanes) is 2. The van der Waals surface area contributed by atoms with Gasteiger partial charge in [0.25, 0.3) is 0 Å². The van der Waals surface area contributed by atoms with Crippen LogP contribution in [0.2, 0.25) is 0 Å². The van der Waals surface area contributed by atoms with Crippen LogP contribution in [0.5, 0.6) is 0 Å². The SMILES string of the molecule is CC/C=C\C/C=C\C/C=C\C/C=C\C/C=C\CCCCOC(=O)C(C)(C)C. The molecule has 2 nitrogen and oxygen atoms in total. The molecular weight excluding hydrogens is 332 g/mol. The number of carbonyl (C=O) groups excluding carboxylic acids is 1. The van der Waals surface area contributed by atoms with E-state index in [0.29, 0.717) is 6.61 Å². The average molecular weight is 373 g/mol. The van der Waals surface area contributed by atoms with E-state index >= 15 is 0 Å². The van der Waals surface area contributed by atoms with Gasteiger partial charge in [-0.25, -0.2) is 0 Å². The van der Waals surface area contributed by atoms with E-state index in [9.17, 15) is 4.79 Å². The van der Waals surface area contributed by atoms with Crippen molar-refractivity contribution in [3.05, 3.63) is 60.8 Å². The Kier molecular flexibility index (Phi) is 16.4. The molecule has 0 aromatic rings. The zero-order chi connectivity index (χ0) is 20.2. The van der Waals surface area contributed by atoms with Gasteiger partial charge in [-0.05, 0) is 72.1 Å². The molecule has 152 valence electrons. The lowest BCUT2D eigenvalue weighted by atomic mass is 9.97. The van der Waals surface area contributed by atoms with Gasteiger partial charge in [-0.3, -0.25) is 4.79 Å². The fraction of sp³-hybridized carbons (Fsp3) is 0.560. The van der Waals surface area contributed by atoms with Gasteiger partial charge in [0.15, 0.2) is 0 Å². The van der Waals surface area contributed by atoms with Crippen LogP contribution < -0.4 is 0 Å². The van der Waals surface area contributed by atoms with Gasteiger partial charge in [-0.15, -0.1) is 0 Å². The molecule has 0 unspecified atom stereocenters. The molecule has 0 amide bonds. The molecule has 0 aliphatic rings. The number of hydrogen-bond donors (Lipinski definition) is 0. The molecule has 0 fully saturated rings. The Labute approximate surface area is 167 Å².